The van der Waals surface area contributed by atoms with E-state index in [4.69, 9.17) is 14.2 Å². The molecule has 10 nitrogen and oxygen atoms in total. The molecule has 192 valence electrons. The molecule has 3 N–H and O–H groups in total. The van der Waals surface area contributed by atoms with Crippen molar-refractivity contribution in [2.24, 2.45) is 5.10 Å². The Morgan fingerprint density at radius 1 is 0.892 bits per heavy atom. The van der Waals surface area contributed by atoms with Crippen LogP contribution in [0.25, 0.3) is 0 Å². The molecule has 0 aliphatic rings. The molecule has 10 heteroatoms. The Hall–Kier alpha value is -4.86. The van der Waals surface area contributed by atoms with Crippen molar-refractivity contribution < 1.29 is 28.6 Å². The summed E-state index contributed by atoms with van der Waals surface area (Å²) in [6.07, 6.45) is 1.35. The third kappa shape index (κ3) is 8.39. The lowest BCUT2D eigenvalue weighted by atomic mass is 10.1. The fourth-order valence-corrected chi connectivity index (χ4v) is 3.11. The molecule has 0 aliphatic carbocycles. The van der Waals surface area contributed by atoms with Crippen molar-refractivity contribution in [2.45, 2.75) is 13.5 Å². The number of ether oxygens (including phenoxy) is 3. The first-order valence-corrected chi connectivity index (χ1v) is 11.3. The Balaban J connectivity index is 1.48. The fourth-order valence-electron chi connectivity index (χ4n) is 3.11. The quantitative estimate of drug-likeness (QED) is 0.221. The summed E-state index contributed by atoms with van der Waals surface area (Å²) in [5.74, 6) is -0.718. The number of methoxy groups -OCH3 is 2. The van der Waals surface area contributed by atoms with Crippen LogP contribution in [0, 0.1) is 6.92 Å². The van der Waals surface area contributed by atoms with Gasteiger partial charge in [0.1, 0.15) is 5.75 Å². The van der Waals surface area contributed by atoms with E-state index in [0.29, 0.717) is 28.5 Å². The van der Waals surface area contributed by atoms with Crippen LogP contribution in [0.2, 0.25) is 0 Å². The minimum absolute atomic E-state index is 0.229. The molecule has 0 bridgehead atoms. The topological polar surface area (TPSA) is 127 Å². The summed E-state index contributed by atoms with van der Waals surface area (Å²) >= 11 is 0. The number of rotatable bonds is 10. The number of carbonyl (C=O) groups is 3. The number of anilines is 1. The maximum atomic E-state index is 12.2. The van der Waals surface area contributed by atoms with Gasteiger partial charge in [-0.25, -0.2) is 5.43 Å². The number of benzene rings is 3. The van der Waals surface area contributed by atoms with E-state index in [0.717, 1.165) is 11.1 Å². The molecular weight excluding hydrogens is 476 g/mol. The molecule has 3 amide bonds. The van der Waals surface area contributed by atoms with Crippen LogP contribution in [-0.2, 0) is 20.9 Å². The molecule has 0 spiro atoms. The van der Waals surface area contributed by atoms with Crippen molar-refractivity contribution in [1.82, 2.24) is 10.7 Å². The maximum Gasteiger partial charge on any atom is 0.329 e. The minimum Gasteiger partial charge on any atom is -0.497 e. The zero-order valence-electron chi connectivity index (χ0n) is 20.7. The Morgan fingerprint density at radius 2 is 1.68 bits per heavy atom. The van der Waals surface area contributed by atoms with Crippen LogP contribution in [0.5, 0.6) is 17.2 Å². The molecule has 0 fully saturated rings. The molecule has 0 unspecified atom stereocenters. The highest BCUT2D eigenvalue weighted by atomic mass is 16.5. The van der Waals surface area contributed by atoms with E-state index in [1.54, 1.807) is 49.6 Å². The summed E-state index contributed by atoms with van der Waals surface area (Å²) < 4.78 is 16.0. The number of amides is 3. The second-order valence-corrected chi connectivity index (χ2v) is 7.85. The predicted molar refractivity (Wildman–Crippen MR) is 139 cm³/mol. The van der Waals surface area contributed by atoms with Gasteiger partial charge in [-0.05, 0) is 48.4 Å². The highest BCUT2D eigenvalue weighted by Crippen LogP contribution is 2.27. The highest BCUT2D eigenvalue weighted by Gasteiger charge is 2.12. The molecule has 0 saturated carbocycles. The third-order valence-electron chi connectivity index (χ3n) is 5.06. The van der Waals surface area contributed by atoms with Crippen molar-refractivity contribution in [3.8, 4) is 17.2 Å². The molecule has 0 aromatic heterocycles. The van der Waals surface area contributed by atoms with Crippen molar-refractivity contribution in [2.75, 3.05) is 26.1 Å². The fraction of sp³-hybridized carbons (Fsp3) is 0.185. The van der Waals surface area contributed by atoms with E-state index in [1.165, 1.54) is 13.3 Å². The Morgan fingerprint density at radius 3 is 2.41 bits per heavy atom. The van der Waals surface area contributed by atoms with Crippen LogP contribution in [0.4, 0.5) is 5.69 Å². The van der Waals surface area contributed by atoms with Crippen LogP contribution in [0.3, 0.4) is 0 Å². The summed E-state index contributed by atoms with van der Waals surface area (Å²) in [6, 6.07) is 19.4. The van der Waals surface area contributed by atoms with Crippen molar-refractivity contribution in [3.63, 3.8) is 0 Å². The van der Waals surface area contributed by atoms with Crippen LogP contribution in [0.15, 0.2) is 71.8 Å². The van der Waals surface area contributed by atoms with E-state index in [9.17, 15) is 14.4 Å². The summed E-state index contributed by atoms with van der Waals surface area (Å²) in [7, 11) is 3.00. The normalized spacial score (nSPS) is 10.5. The lowest BCUT2D eigenvalue weighted by molar-refractivity contribution is -0.139. The second kappa shape index (κ2) is 13.3. The van der Waals surface area contributed by atoms with Gasteiger partial charge in [0, 0.05) is 18.3 Å². The van der Waals surface area contributed by atoms with E-state index in [-0.39, 0.29) is 19.1 Å². The van der Waals surface area contributed by atoms with Gasteiger partial charge in [0.15, 0.2) is 18.1 Å². The highest BCUT2D eigenvalue weighted by molar-refractivity contribution is 6.35. The number of carbonyl (C=O) groups excluding carboxylic acids is 3. The van der Waals surface area contributed by atoms with Crippen LogP contribution in [-0.4, -0.2) is 44.8 Å². The number of nitrogens with zero attached hydrogens (tertiary/aromatic N) is 1. The first-order valence-electron chi connectivity index (χ1n) is 11.3. The van der Waals surface area contributed by atoms with E-state index in [1.807, 2.05) is 31.2 Å². The van der Waals surface area contributed by atoms with Crippen molar-refractivity contribution in [3.05, 3.63) is 83.4 Å². The Kier molecular flexibility index (Phi) is 9.60. The lowest BCUT2D eigenvalue weighted by Gasteiger charge is -2.12. The van der Waals surface area contributed by atoms with Gasteiger partial charge in [-0.2, -0.15) is 5.10 Å². The van der Waals surface area contributed by atoms with Crippen LogP contribution in [0.1, 0.15) is 16.7 Å². The monoisotopic (exact) mass is 504 g/mol. The summed E-state index contributed by atoms with van der Waals surface area (Å²) in [5.41, 5.74) is 5.32. The molecule has 0 aliphatic heterocycles. The summed E-state index contributed by atoms with van der Waals surface area (Å²) in [5, 5.41) is 9.07. The number of hydrogen-bond donors (Lipinski definition) is 3. The van der Waals surface area contributed by atoms with Crippen LogP contribution >= 0.6 is 0 Å². The molecule has 3 rings (SSSR count). The molecule has 3 aromatic rings. The van der Waals surface area contributed by atoms with Gasteiger partial charge in [0.25, 0.3) is 5.91 Å². The van der Waals surface area contributed by atoms with Crippen molar-refractivity contribution in [1.29, 1.82) is 0 Å². The van der Waals surface area contributed by atoms with Gasteiger partial charge in [-0.15, -0.1) is 0 Å². The van der Waals surface area contributed by atoms with Gasteiger partial charge >= 0.3 is 11.8 Å². The predicted octanol–water partition coefficient (Wildman–Crippen LogP) is 2.80. The van der Waals surface area contributed by atoms with E-state index in [2.05, 4.69) is 21.2 Å². The molecule has 0 saturated heterocycles. The number of hydrazone groups is 1. The third-order valence-corrected chi connectivity index (χ3v) is 5.06. The van der Waals surface area contributed by atoms with Gasteiger partial charge < -0.3 is 24.8 Å². The SMILES string of the molecule is COc1cccc(NC(=O)COc2ccc(C=NNC(=O)C(=O)NCc3ccc(C)cc3)cc2OC)c1. The van der Waals surface area contributed by atoms with E-state index < -0.39 is 11.8 Å². The summed E-state index contributed by atoms with van der Waals surface area (Å²) in [4.78, 5) is 36.2. The zero-order chi connectivity index (χ0) is 26.6. The van der Waals surface area contributed by atoms with Crippen LogP contribution < -0.4 is 30.3 Å². The first-order chi connectivity index (χ1) is 17.9. The number of nitrogens with one attached hydrogen (secondary N) is 3. The number of hydrogen-bond acceptors (Lipinski definition) is 7. The minimum atomic E-state index is -0.891. The smallest absolute Gasteiger partial charge is 0.329 e. The molecule has 37 heavy (non-hydrogen) atoms. The van der Waals surface area contributed by atoms with Gasteiger partial charge in [0.05, 0.1) is 20.4 Å². The molecule has 0 heterocycles. The molecule has 0 radical (unpaired) electrons. The maximum absolute atomic E-state index is 12.2. The molecule has 3 aromatic carbocycles. The molecular formula is C27H28N4O6. The standard InChI is InChI=1S/C27H28N4O6/c1-18-7-9-19(10-8-18)15-28-26(33)27(34)31-29-16-20-11-12-23(24(13-20)36-3)37-17-25(32)30-21-5-4-6-22(14-21)35-2/h4-14,16H,15,17H2,1-3H3,(H,28,33)(H,30,32)(H,31,34). The average molecular weight is 505 g/mol. The Bertz CT molecular complexity index is 1270. The average Bonchev–Trinajstić information content (AvgIpc) is 2.91. The largest absolute Gasteiger partial charge is 0.497 e. The lowest BCUT2D eigenvalue weighted by Crippen LogP contribution is -2.37. The van der Waals surface area contributed by atoms with Gasteiger partial charge in [-0.3, -0.25) is 14.4 Å². The first kappa shape index (κ1) is 26.7. The second-order valence-electron chi connectivity index (χ2n) is 7.85. The van der Waals surface area contributed by atoms with Gasteiger partial charge in [0.2, 0.25) is 0 Å². The Labute approximate surface area is 214 Å². The molecule has 0 atom stereocenters. The van der Waals surface area contributed by atoms with Crippen molar-refractivity contribution >= 4 is 29.6 Å². The summed E-state index contributed by atoms with van der Waals surface area (Å²) in [6.45, 7) is 1.95. The van der Waals surface area contributed by atoms with E-state index >= 15 is 0 Å². The zero-order valence-corrected chi connectivity index (χ0v) is 20.7. The number of aryl methyl sites for hydroxylation is 1. The van der Waals surface area contributed by atoms with Gasteiger partial charge in [-0.1, -0.05) is 35.9 Å².